The lowest BCUT2D eigenvalue weighted by molar-refractivity contribution is 0.259. The molecule has 0 radical (unpaired) electrons. The minimum Gasteiger partial charge on any atom is -0.385 e. The maximum absolute atomic E-state index is 15.5. The molecule has 0 aliphatic carbocycles. The van der Waals surface area contributed by atoms with E-state index in [1.165, 1.54) is 30.0 Å². The first kappa shape index (κ1) is 21.0. The van der Waals surface area contributed by atoms with Gasteiger partial charge in [-0.2, -0.15) is 0 Å². The van der Waals surface area contributed by atoms with Crippen molar-refractivity contribution in [2.45, 2.75) is 46.3 Å². The molecule has 2 aromatic carbocycles. The van der Waals surface area contributed by atoms with Crippen molar-refractivity contribution in [2.75, 3.05) is 10.2 Å². The van der Waals surface area contributed by atoms with Crippen LogP contribution in [-0.2, 0) is 0 Å². The molecule has 4 rings (SSSR count). The van der Waals surface area contributed by atoms with Gasteiger partial charge < -0.3 is 15.4 Å². The molecule has 0 spiro atoms. The number of nitrogens with zero attached hydrogens (tertiary/aromatic N) is 1. The average Bonchev–Trinajstić information content (AvgIpc) is 3.03. The van der Waals surface area contributed by atoms with Gasteiger partial charge in [-0.3, -0.25) is 15.7 Å². The summed E-state index contributed by atoms with van der Waals surface area (Å²) in [5.41, 5.74) is 2.34. The Morgan fingerprint density at radius 1 is 1.19 bits per heavy atom. The van der Waals surface area contributed by atoms with Crippen LogP contribution < -0.4 is 10.2 Å². The second kappa shape index (κ2) is 6.88. The molecule has 162 valence electrons. The van der Waals surface area contributed by atoms with Crippen molar-refractivity contribution >= 4 is 33.9 Å². The molecule has 0 fully saturated rings. The van der Waals surface area contributed by atoms with E-state index in [2.05, 4.69) is 10.3 Å². The number of aromatic amines is 1. The highest BCUT2D eigenvalue weighted by atomic mass is 19.1. The first-order valence-electron chi connectivity index (χ1n) is 9.98. The lowest BCUT2D eigenvalue weighted by atomic mass is 9.90. The Morgan fingerprint density at radius 3 is 2.52 bits per heavy atom. The van der Waals surface area contributed by atoms with Crippen molar-refractivity contribution < 1.29 is 13.9 Å². The van der Waals surface area contributed by atoms with Crippen molar-refractivity contribution in [1.29, 1.82) is 10.8 Å². The number of rotatable bonds is 2. The zero-order chi connectivity index (χ0) is 22.8. The van der Waals surface area contributed by atoms with E-state index in [4.69, 9.17) is 10.8 Å². The van der Waals surface area contributed by atoms with Gasteiger partial charge in [0.15, 0.2) is 0 Å². The van der Waals surface area contributed by atoms with Crippen LogP contribution in [0.25, 0.3) is 22.0 Å². The highest BCUT2D eigenvalue weighted by molar-refractivity contribution is 6.25. The second-order valence-electron chi connectivity index (χ2n) is 8.60. The van der Waals surface area contributed by atoms with E-state index in [-0.39, 0.29) is 17.2 Å². The van der Waals surface area contributed by atoms with E-state index in [9.17, 15) is 9.50 Å². The van der Waals surface area contributed by atoms with Crippen LogP contribution in [0.2, 0.25) is 0 Å². The number of aliphatic hydroxyl groups excluding tert-OH is 1. The molecule has 1 unspecified atom stereocenters. The number of nitrogens with one attached hydrogen (secondary N) is 4. The van der Waals surface area contributed by atoms with Gasteiger partial charge in [0.25, 0.3) is 0 Å². The van der Waals surface area contributed by atoms with E-state index in [0.717, 1.165) is 5.56 Å². The average molecular weight is 425 g/mol. The number of amidine groups is 2. The molecule has 31 heavy (non-hydrogen) atoms. The Bertz CT molecular complexity index is 1260. The molecule has 0 saturated carbocycles. The Balaban J connectivity index is 2.06. The normalized spacial score (nSPS) is 16.3. The molecule has 0 bridgehead atoms. The minimum atomic E-state index is -1.14. The fraction of sp³-hybridized carbons (Fsp3) is 0.304. The third-order valence-electron chi connectivity index (χ3n) is 5.85. The number of hydrogen-bond donors (Lipinski definition) is 5. The monoisotopic (exact) mass is 425 g/mol. The lowest BCUT2D eigenvalue weighted by Gasteiger charge is -2.43. The molecule has 2 heterocycles. The number of hydrogen-bond acceptors (Lipinski definition) is 4. The molecule has 5 N–H and O–H groups in total. The maximum atomic E-state index is 15.5. The summed E-state index contributed by atoms with van der Waals surface area (Å²) < 4.78 is 29.9. The standard InChI is InChI=1S/C23H25F2N5O/c1-10-9-28-19-14(10)6-13(24)7-15(19)18-11(2)20-17(8-16(18)25)29-23(4,5)22(27)30(20)21(26)12(3)31/h6-9,12,26-29,31H,1-5H3. The van der Waals surface area contributed by atoms with Gasteiger partial charge in [0.05, 0.1) is 22.4 Å². The molecule has 3 aromatic rings. The number of aliphatic hydroxyl groups is 1. The van der Waals surface area contributed by atoms with E-state index in [1.807, 2.05) is 6.92 Å². The second-order valence-corrected chi connectivity index (χ2v) is 8.60. The summed E-state index contributed by atoms with van der Waals surface area (Å²) in [6.07, 6.45) is 0.607. The molecule has 1 aliphatic heterocycles. The fourth-order valence-electron chi connectivity index (χ4n) is 4.22. The fourth-order valence-corrected chi connectivity index (χ4v) is 4.22. The molecule has 8 heteroatoms. The van der Waals surface area contributed by atoms with Crippen LogP contribution in [0, 0.1) is 36.3 Å². The number of aryl methyl sites for hydroxylation is 1. The van der Waals surface area contributed by atoms with Gasteiger partial charge in [-0.25, -0.2) is 8.78 Å². The number of anilines is 2. The summed E-state index contributed by atoms with van der Waals surface area (Å²) in [5, 5.41) is 31.0. The summed E-state index contributed by atoms with van der Waals surface area (Å²) >= 11 is 0. The van der Waals surface area contributed by atoms with Crippen molar-refractivity contribution in [2.24, 2.45) is 0 Å². The lowest BCUT2D eigenvalue weighted by Crippen LogP contribution is -2.57. The third-order valence-corrected chi connectivity index (χ3v) is 5.85. The number of benzene rings is 2. The van der Waals surface area contributed by atoms with Gasteiger partial charge in [-0.05, 0) is 63.9 Å². The minimum absolute atomic E-state index is 0.0478. The highest BCUT2D eigenvalue weighted by Gasteiger charge is 2.40. The molecule has 0 amide bonds. The predicted octanol–water partition coefficient (Wildman–Crippen LogP) is 5.08. The third kappa shape index (κ3) is 3.09. The molecule has 1 atom stereocenters. The zero-order valence-electron chi connectivity index (χ0n) is 18.0. The van der Waals surface area contributed by atoms with Crippen molar-refractivity contribution in [1.82, 2.24) is 4.98 Å². The first-order valence-corrected chi connectivity index (χ1v) is 9.98. The summed E-state index contributed by atoms with van der Waals surface area (Å²) in [6, 6.07) is 4.00. The quantitative estimate of drug-likeness (QED) is 0.293. The van der Waals surface area contributed by atoms with Gasteiger partial charge in [-0.15, -0.1) is 0 Å². The van der Waals surface area contributed by atoms with Crippen LogP contribution in [0.4, 0.5) is 20.2 Å². The van der Waals surface area contributed by atoms with Crippen LogP contribution in [0.5, 0.6) is 0 Å². The van der Waals surface area contributed by atoms with Crippen LogP contribution in [0.1, 0.15) is 31.9 Å². The van der Waals surface area contributed by atoms with Crippen LogP contribution in [-0.4, -0.2) is 33.4 Å². The van der Waals surface area contributed by atoms with Crippen LogP contribution in [0.3, 0.4) is 0 Å². The van der Waals surface area contributed by atoms with Crippen LogP contribution in [0.15, 0.2) is 24.4 Å². The van der Waals surface area contributed by atoms with E-state index in [0.29, 0.717) is 33.4 Å². The van der Waals surface area contributed by atoms with Crippen molar-refractivity contribution in [3.8, 4) is 11.1 Å². The molecule has 1 aliphatic rings. The van der Waals surface area contributed by atoms with Gasteiger partial charge in [-0.1, -0.05) is 0 Å². The van der Waals surface area contributed by atoms with Gasteiger partial charge in [0.1, 0.15) is 29.4 Å². The Morgan fingerprint density at radius 2 is 1.87 bits per heavy atom. The Hall–Kier alpha value is -3.26. The zero-order valence-corrected chi connectivity index (χ0v) is 18.0. The largest absolute Gasteiger partial charge is 0.385 e. The smallest absolute Gasteiger partial charge is 0.135 e. The number of halogens is 2. The van der Waals surface area contributed by atoms with Crippen LogP contribution >= 0.6 is 0 Å². The van der Waals surface area contributed by atoms with E-state index >= 15 is 4.39 Å². The first-order chi connectivity index (χ1) is 14.4. The number of aromatic nitrogens is 1. The van der Waals surface area contributed by atoms with Crippen molar-refractivity contribution in [3.05, 3.63) is 47.2 Å². The summed E-state index contributed by atoms with van der Waals surface area (Å²) in [4.78, 5) is 4.44. The van der Waals surface area contributed by atoms with Gasteiger partial charge in [0, 0.05) is 22.7 Å². The molecule has 1 aromatic heterocycles. The number of H-pyrrole nitrogens is 1. The maximum Gasteiger partial charge on any atom is 0.135 e. The van der Waals surface area contributed by atoms with Gasteiger partial charge in [0.2, 0.25) is 0 Å². The molecule has 0 saturated heterocycles. The SMILES string of the molecule is Cc1c(-c2cc(F)cc3c(C)c[nH]c23)c(F)cc2c1N(C(=N)C(C)O)C(=N)C(C)(C)N2. The van der Waals surface area contributed by atoms with Gasteiger partial charge >= 0.3 is 0 Å². The highest BCUT2D eigenvalue weighted by Crippen LogP contribution is 2.45. The molecule has 6 nitrogen and oxygen atoms in total. The summed E-state index contributed by atoms with van der Waals surface area (Å²) in [5.74, 6) is -1.17. The van der Waals surface area contributed by atoms with E-state index < -0.39 is 23.3 Å². The van der Waals surface area contributed by atoms with Crippen molar-refractivity contribution in [3.63, 3.8) is 0 Å². The summed E-state index contributed by atoms with van der Waals surface area (Å²) in [6.45, 7) is 8.47. The number of fused-ring (bicyclic) bond motifs is 2. The summed E-state index contributed by atoms with van der Waals surface area (Å²) in [7, 11) is 0. The Kier molecular flexibility index (Phi) is 4.66. The topological polar surface area (TPSA) is 99.0 Å². The predicted molar refractivity (Wildman–Crippen MR) is 120 cm³/mol. The molecular formula is C23H25F2N5O. The molecular weight excluding hydrogens is 400 g/mol. The Labute approximate surface area is 178 Å². The van der Waals surface area contributed by atoms with E-state index in [1.54, 1.807) is 27.0 Å².